The van der Waals surface area contributed by atoms with Crippen LogP contribution in [-0.2, 0) is 11.2 Å². The van der Waals surface area contributed by atoms with E-state index in [1.807, 2.05) is 24.3 Å². The second kappa shape index (κ2) is 10.3. The van der Waals surface area contributed by atoms with Crippen LogP contribution in [-0.4, -0.2) is 37.6 Å². The summed E-state index contributed by atoms with van der Waals surface area (Å²) < 4.78 is 5.16. The number of ether oxygens (including phenoxy) is 1. The highest BCUT2D eigenvalue weighted by atomic mass is 35.5. The number of hydrogen-bond acceptors (Lipinski definition) is 3. The van der Waals surface area contributed by atoms with Crippen LogP contribution in [0.1, 0.15) is 35.6 Å². The molecule has 1 atom stereocenters. The molecule has 1 amide bonds. The van der Waals surface area contributed by atoms with E-state index in [4.69, 9.17) is 4.74 Å². The van der Waals surface area contributed by atoms with Gasteiger partial charge in [0.25, 0.3) is 0 Å². The minimum absolute atomic E-state index is 0. The highest BCUT2D eigenvalue weighted by molar-refractivity contribution is 5.85. The van der Waals surface area contributed by atoms with Gasteiger partial charge in [-0.2, -0.15) is 0 Å². The summed E-state index contributed by atoms with van der Waals surface area (Å²) in [6.45, 7) is 4.96. The molecule has 1 aliphatic heterocycles. The quantitative estimate of drug-likeness (QED) is 0.781. The molecule has 1 saturated heterocycles. The smallest absolute Gasteiger partial charge is 0.224 e. The number of rotatable bonds is 7. The fourth-order valence-electron chi connectivity index (χ4n) is 3.50. The molecule has 4 nitrogen and oxygen atoms in total. The van der Waals surface area contributed by atoms with Crippen molar-refractivity contribution in [1.82, 2.24) is 10.2 Å². The average molecular weight is 389 g/mol. The van der Waals surface area contributed by atoms with Gasteiger partial charge in [-0.05, 0) is 56.1 Å². The van der Waals surface area contributed by atoms with Crippen LogP contribution in [0.15, 0.2) is 48.5 Å². The molecular weight excluding hydrogens is 360 g/mol. The SMILES string of the molecule is COc1ccc(CC(=O)NCC(c2ccc(C)cc2)N2CCCC2)cc1.Cl. The minimum Gasteiger partial charge on any atom is -0.497 e. The average Bonchev–Trinajstić information content (AvgIpc) is 3.18. The van der Waals surface area contributed by atoms with Gasteiger partial charge in [-0.3, -0.25) is 9.69 Å². The van der Waals surface area contributed by atoms with E-state index < -0.39 is 0 Å². The fraction of sp³-hybridized carbons (Fsp3) is 0.409. The number of carbonyl (C=O) groups excluding carboxylic acids is 1. The standard InChI is InChI=1S/C22H28N2O2.ClH/c1-17-5-9-19(10-6-17)21(24-13-3-4-14-24)16-23-22(25)15-18-7-11-20(26-2)12-8-18;/h5-12,21H,3-4,13-16H2,1-2H3,(H,23,25);1H. The van der Waals surface area contributed by atoms with Gasteiger partial charge in [-0.1, -0.05) is 42.0 Å². The molecule has 146 valence electrons. The number of nitrogens with zero attached hydrogens (tertiary/aromatic N) is 1. The molecule has 1 heterocycles. The van der Waals surface area contributed by atoms with Crippen molar-refractivity contribution in [3.63, 3.8) is 0 Å². The van der Waals surface area contributed by atoms with Crippen LogP contribution in [0.5, 0.6) is 5.75 Å². The maximum Gasteiger partial charge on any atom is 0.224 e. The first-order valence-corrected chi connectivity index (χ1v) is 9.36. The Morgan fingerprint density at radius 3 is 2.30 bits per heavy atom. The van der Waals surface area contributed by atoms with Gasteiger partial charge in [-0.25, -0.2) is 0 Å². The van der Waals surface area contributed by atoms with Gasteiger partial charge < -0.3 is 10.1 Å². The first-order chi connectivity index (χ1) is 12.7. The number of methoxy groups -OCH3 is 1. The second-order valence-electron chi connectivity index (χ2n) is 7.00. The number of benzene rings is 2. The Balaban J connectivity index is 0.00000261. The molecule has 1 fully saturated rings. The van der Waals surface area contributed by atoms with E-state index in [0.717, 1.165) is 24.4 Å². The summed E-state index contributed by atoms with van der Waals surface area (Å²) in [7, 11) is 1.64. The third-order valence-corrected chi connectivity index (χ3v) is 5.06. The molecule has 0 aliphatic carbocycles. The van der Waals surface area contributed by atoms with E-state index in [2.05, 4.69) is 41.4 Å². The largest absolute Gasteiger partial charge is 0.497 e. The molecule has 27 heavy (non-hydrogen) atoms. The van der Waals surface area contributed by atoms with Crippen LogP contribution in [0.3, 0.4) is 0 Å². The van der Waals surface area contributed by atoms with Crippen molar-refractivity contribution in [3.8, 4) is 5.75 Å². The summed E-state index contributed by atoms with van der Waals surface area (Å²) in [5, 5.41) is 3.14. The molecule has 1 aliphatic rings. The van der Waals surface area contributed by atoms with E-state index >= 15 is 0 Å². The first-order valence-electron chi connectivity index (χ1n) is 9.36. The van der Waals surface area contributed by atoms with Crippen molar-refractivity contribution >= 4 is 18.3 Å². The Labute approximate surface area is 168 Å². The molecule has 0 aromatic heterocycles. The molecule has 2 aromatic rings. The number of aryl methyl sites for hydroxylation is 1. The van der Waals surface area contributed by atoms with Gasteiger partial charge in [0.1, 0.15) is 5.75 Å². The van der Waals surface area contributed by atoms with Gasteiger partial charge in [0.15, 0.2) is 0 Å². The molecule has 2 aromatic carbocycles. The maximum atomic E-state index is 12.4. The van der Waals surface area contributed by atoms with Crippen molar-refractivity contribution in [2.75, 3.05) is 26.7 Å². The first kappa shape index (κ1) is 21.3. The molecule has 0 saturated carbocycles. The van der Waals surface area contributed by atoms with E-state index in [0.29, 0.717) is 13.0 Å². The number of amides is 1. The molecule has 0 bridgehead atoms. The van der Waals surface area contributed by atoms with Crippen LogP contribution in [0.2, 0.25) is 0 Å². The van der Waals surface area contributed by atoms with Crippen molar-refractivity contribution < 1.29 is 9.53 Å². The number of halogens is 1. The van der Waals surface area contributed by atoms with Gasteiger partial charge in [0, 0.05) is 6.54 Å². The molecule has 1 N–H and O–H groups in total. The maximum absolute atomic E-state index is 12.4. The summed E-state index contributed by atoms with van der Waals surface area (Å²) in [4.78, 5) is 14.9. The van der Waals surface area contributed by atoms with E-state index in [9.17, 15) is 4.79 Å². The van der Waals surface area contributed by atoms with Crippen molar-refractivity contribution in [2.24, 2.45) is 0 Å². The minimum atomic E-state index is 0. The Kier molecular flexibility index (Phi) is 8.14. The highest BCUT2D eigenvalue weighted by Gasteiger charge is 2.23. The second-order valence-corrected chi connectivity index (χ2v) is 7.00. The van der Waals surface area contributed by atoms with E-state index in [1.165, 1.54) is 24.0 Å². The molecular formula is C22H29ClN2O2. The van der Waals surface area contributed by atoms with Crippen LogP contribution < -0.4 is 10.1 Å². The Bertz CT molecular complexity index is 710. The van der Waals surface area contributed by atoms with Crippen molar-refractivity contribution in [1.29, 1.82) is 0 Å². The van der Waals surface area contributed by atoms with Crippen molar-refractivity contribution in [2.45, 2.75) is 32.2 Å². The Hall–Kier alpha value is -2.04. The number of hydrogen-bond donors (Lipinski definition) is 1. The third kappa shape index (κ3) is 5.98. The number of likely N-dealkylation sites (tertiary alicyclic amines) is 1. The van der Waals surface area contributed by atoms with Gasteiger partial charge in [0.05, 0.1) is 19.6 Å². The van der Waals surface area contributed by atoms with Crippen LogP contribution >= 0.6 is 12.4 Å². The summed E-state index contributed by atoms with van der Waals surface area (Å²) in [6, 6.07) is 16.6. The Morgan fingerprint density at radius 1 is 1.07 bits per heavy atom. The number of carbonyl (C=O) groups is 1. The monoisotopic (exact) mass is 388 g/mol. The van der Waals surface area contributed by atoms with Crippen LogP contribution in [0.25, 0.3) is 0 Å². The molecule has 5 heteroatoms. The van der Waals surface area contributed by atoms with Gasteiger partial charge >= 0.3 is 0 Å². The number of nitrogens with one attached hydrogen (secondary N) is 1. The Morgan fingerprint density at radius 2 is 1.70 bits per heavy atom. The van der Waals surface area contributed by atoms with Crippen LogP contribution in [0.4, 0.5) is 0 Å². The molecule has 3 rings (SSSR count). The van der Waals surface area contributed by atoms with Gasteiger partial charge in [-0.15, -0.1) is 12.4 Å². The highest BCUT2D eigenvalue weighted by Crippen LogP contribution is 2.25. The summed E-state index contributed by atoms with van der Waals surface area (Å²) in [5.74, 6) is 0.870. The zero-order chi connectivity index (χ0) is 18.4. The summed E-state index contributed by atoms with van der Waals surface area (Å²) >= 11 is 0. The van der Waals surface area contributed by atoms with Crippen LogP contribution in [0, 0.1) is 6.92 Å². The molecule has 1 unspecified atom stereocenters. The van der Waals surface area contributed by atoms with Gasteiger partial charge in [0.2, 0.25) is 5.91 Å². The predicted octanol–water partition coefficient (Wildman–Crippen LogP) is 3.92. The third-order valence-electron chi connectivity index (χ3n) is 5.06. The predicted molar refractivity (Wildman–Crippen MR) is 112 cm³/mol. The van der Waals surface area contributed by atoms with E-state index in [1.54, 1.807) is 7.11 Å². The summed E-state index contributed by atoms with van der Waals surface area (Å²) in [5.41, 5.74) is 3.54. The van der Waals surface area contributed by atoms with Crippen molar-refractivity contribution in [3.05, 3.63) is 65.2 Å². The zero-order valence-corrected chi connectivity index (χ0v) is 16.9. The fourth-order valence-corrected chi connectivity index (χ4v) is 3.50. The summed E-state index contributed by atoms with van der Waals surface area (Å²) in [6.07, 6.45) is 2.87. The lowest BCUT2D eigenvalue weighted by molar-refractivity contribution is -0.120. The van der Waals surface area contributed by atoms with E-state index in [-0.39, 0.29) is 24.4 Å². The lowest BCUT2D eigenvalue weighted by Gasteiger charge is -2.28. The lowest BCUT2D eigenvalue weighted by Crippen LogP contribution is -2.37. The normalized spacial score (nSPS) is 15.0. The topological polar surface area (TPSA) is 41.6 Å². The molecule has 0 radical (unpaired) electrons. The lowest BCUT2D eigenvalue weighted by atomic mass is 10.0. The molecule has 0 spiro atoms. The zero-order valence-electron chi connectivity index (χ0n) is 16.1.